The van der Waals surface area contributed by atoms with Crippen molar-refractivity contribution in [2.24, 2.45) is 0 Å². The van der Waals surface area contributed by atoms with Gasteiger partial charge in [-0.2, -0.15) is 0 Å². The molecule has 0 spiro atoms. The summed E-state index contributed by atoms with van der Waals surface area (Å²) in [6.07, 6.45) is 6.40. The minimum absolute atomic E-state index is 0.105. The van der Waals surface area contributed by atoms with Crippen LogP contribution < -0.4 is 18.9 Å². The topological polar surface area (TPSA) is 132 Å². The smallest absolute Gasteiger partial charge is 0.292 e. The summed E-state index contributed by atoms with van der Waals surface area (Å²) in [4.78, 5) is 0. The molecule has 0 aliphatic heterocycles. The van der Waals surface area contributed by atoms with Crippen LogP contribution in [-0.4, -0.2) is 0 Å². The summed E-state index contributed by atoms with van der Waals surface area (Å²) in [5.74, 6) is 0.462. The zero-order valence-corrected chi connectivity index (χ0v) is 21.9. The Morgan fingerprint density at radius 3 is 1.19 bits per heavy atom. The van der Waals surface area contributed by atoms with Gasteiger partial charge in [-0.3, -0.25) is 0 Å². The molecule has 31 heavy (non-hydrogen) atoms. The maximum Gasteiger partial charge on any atom is 0.292 e. The third-order valence-corrected chi connectivity index (χ3v) is 6.82. The Hall–Kier alpha value is -2.48. The Kier molecular flexibility index (Phi) is 8.17. The SMILES string of the molecule is CC(C)(c1cc(Br)c(OC#N)c(Br)c1OC#N)c1cc(Br)c(OC#N)c(Br)c1OC#N. The third-order valence-electron chi connectivity index (χ3n) is 4.20. The monoisotopic (exact) mass is 672 g/mol. The lowest BCUT2D eigenvalue weighted by molar-refractivity contribution is 0.445. The van der Waals surface area contributed by atoms with Gasteiger partial charge in [0, 0.05) is 16.5 Å². The van der Waals surface area contributed by atoms with Crippen molar-refractivity contribution in [1.29, 1.82) is 21.0 Å². The van der Waals surface area contributed by atoms with Gasteiger partial charge in [-0.15, -0.1) is 21.0 Å². The van der Waals surface area contributed by atoms with Crippen molar-refractivity contribution in [2.45, 2.75) is 19.3 Å². The summed E-state index contributed by atoms with van der Waals surface area (Å²) in [5.41, 5.74) is 0.0485. The van der Waals surface area contributed by atoms with Gasteiger partial charge in [0.15, 0.2) is 23.0 Å². The first kappa shape index (κ1) is 24.8. The van der Waals surface area contributed by atoms with E-state index in [0.717, 1.165) is 0 Å². The number of ether oxygens (including phenoxy) is 4. The van der Waals surface area contributed by atoms with Crippen LogP contribution in [0.5, 0.6) is 23.0 Å². The Morgan fingerprint density at radius 1 is 0.613 bits per heavy atom. The molecule has 0 aliphatic rings. The molecule has 0 heterocycles. The average molecular weight is 676 g/mol. The second-order valence-corrected chi connectivity index (χ2v) is 9.45. The van der Waals surface area contributed by atoms with E-state index in [1.54, 1.807) is 51.0 Å². The molecule has 0 saturated heterocycles. The lowest BCUT2D eigenvalue weighted by Crippen LogP contribution is -2.22. The first-order valence-corrected chi connectivity index (χ1v) is 11.1. The normalized spacial score (nSPS) is 10.1. The summed E-state index contributed by atoms with van der Waals surface area (Å²) in [6.45, 7) is 3.61. The van der Waals surface area contributed by atoms with Crippen LogP contribution in [0.3, 0.4) is 0 Å². The van der Waals surface area contributed by atoms with Crippen LogP contribution in [0.15, 0.2) is 30.0 Å². The number of hydrogen-bond donors (Lipinski definition) is 0. The van der Waals surface area contributed by atoms with Crippen molar-refractivity contribution in [3.8, 4) is 48.0 Å². The Labute approximate surface area is 211 Å². The van der Waals surface area contributed by atoms with E-state index < -0.39 is 5.41 Å². The number of nitrogens with zero attached hydrogens (tertiary/aromatic N) is 4. The van der Waals surface area contributed by atoms with E-state index in [4.69, 9.17) is 29.5 Å². The highest BCUT2D eigenvalue weighted by Crippen LogP contribution is 2.53. The van der Waals surface area contributed by atoms with Crippen LogP contribution in [0, 0.1) is 46.1 Å². The molecule has 0 aromatic heterocycles. The molecule has 12 heteroatoms. The van der Waals surface area contributed by atoms with Crippen molar-refractivity contribution in [2.75, 3.05) is 0 Å². The molecular formula is C19H8Br4N4O4. The molecule has 0 saturated carbocycles. The van der Waals surface area contributed by atoms with E-state index in [9.17, 15) is 10.5 Å². The third kappa shape index (κ3) is 4.74. The molecule has 156 valence electrons. The molecule has 8 nitrogen and oxygen atoms in total. The summed E-state index contributed by atoms with van der Waals surface area (Å²) < 4.78 is 21.6. The van der Waals surface area contributed by atoms with Crippen molar-refractivity contribution in [3.05, 3.63) is 41.2 Å². The number of hydrogen-bond acceptors (Lipinski definition) is 8. The Balaban J connectivity index is 2.91. The van der Waals surface area contributed by atoms with Crippen LogP contribution in [0.1, 0.15) is 25.0 Å². The van der Waals surface area contributed by atoms with Crippen molar-refractivity contribution in [3.63, 3.8) is 0 Å². The highest BCUT2D eigenvalue weighted by Gasteiger charge is 2.36. The van der Waals surface area contributed by atoms with E-state index in [2.05, 4.69) is 63.7 Å². The first-order valence-electron chi connectivity index (χ1n) is 7.94. The van der Waals surface area contributed by atoms with Crippen LogP contribution in [-0.2, 0) is 5.41 Å². The van der Waals surface area contributed by atoms with Gasteiger partial charge in [0.1, 0.15) is 8.95 Å². The Morgan fingerprint density at radius 2 is 0.903 bits per heavy atom. The molecule has 0 radical (unpaired) electrons. The first-order chi connectivity index (χ1) is 14.6. The molecule has 0 amide bonds. The van der Waals surface area contributed by atoms with E-state index in [0.29, 0.717) is 20.1 Å². The van der Waals surface area contributed by atoms with Crippen LogP contribution >= 0.6 is 63.7 Å². The molecule has 0 fully saturated rings. The van der Waals surface area contributed by atoms with E-state index in [1.165, 1.54) is 0 Å². The molecule has 0 unspecified atom stereocenters. The van der Waals surface area contributed by atoms with Crippen LogP contribution in [0.25, 0.3) is 0 Å². The lowest BCUT2D eigenvalue weighted by atomic mass is 9.77. The summed E-state index contributed by atoms with van der Waals surface area (Å²) in [7, 11) is 0. The van der Waals surface area contributed by atoms with Crippen LogP contribution in [0.2, 0.25) is 0 Å². The second-order valence-electron chi connectivity index (χ2n) is 6.15. The second kappa shape index (κ2) is 10.2. The van der Waals surface area contributed by atoms with E-state index in [1.807, 2.05) is 0 Å². The summed E-state index contributed by atoms with van der Waals surface area (Å²) in [6, 6.07) is 3.25. The maximum atomic E-state index is 9.18. The number of rotatable bonds is 6. The number of benzene rings is 2. The van der Waals surface area contributed by atoms with Gasteiger partial charge in [0.05, 0.1) is 8.95 Å². The van der Waals surface area contributed by atoms with Crippen molar-refractivity contribution >= 4 is 63.7 Å². The number of halogens is 4. The molecular weight excluding hydrogens is 668 g/mol. The number of nitriles is 4. The van der Waals surface area contributed by atoms with Crippen molar-refractivity contribution < 1.29 is 18.9 Å². The van der Waals surface area contributed by atoms with Gasteiger partial charge in [-0.05, 0) is 75.9 Å². The highest BCUT2D eigenvalue weighted by atomic mass is 79.9. The fourth-order valence-corrected chi connectivity index (χ4v) is 5.54. The van der Waals surface area contributed by atoms with Gasteiger partial charge in [-0.1, -0.05) is 13.8 Å². The molecule has 0 bridgehead atoms. The molecule has 0 aliphatic carbocycles. The Bertz CT molecular complexity index is 1130. The molecule has 0 N–H and O–H groups in total. The quantitative estimate of drug-likeness (QED) is 0.317. The minimum Gasteiger partial charge on any atom is -0.386 e. The van der Waals surface area contributed by atoms with Crippen molar-refractivity contribution in [1.82, 2.24) is 0 Å². The fraction of sp³-hybridized carbons (Fsp3) is 0.158. The average Bonchev–Trinajstić information content (AvgIpc) is 2.72. The highest BCUT2D eigenvalue weighted by molar-refractivity contribution is 9.11. The van der Waals surface area contributed by atoms with Crippen LogP contribution in [0.4, 0.5) is 0 Å². The minimum atomic E-state index is -0.940. The van der Waals surface area contributed by atoms with Gasteiger partial charge < -0.3 is 18.9 Å². The maximum absolute atomic E-state index is 9.18. The molecule has 2 aromatic carbocycles. The molecule has 2 aromatic rings. The molecule has 2 rings (SSSR count). The van der Waals surface area contributed by atoms with Gasteiger partial charge in [0.2, 0.25) is 0 Å². The predicted octanol–water partition coefficient (Wildman–Crippen LogP) is 6.50. The summed E-state index contributed by atoms with van der Waals surface area (Å²) in [5, 5.41) is 36.2. The fourth-order valence-electron chi connectivity index (χ4n) is 2.81. The van der Waals surface area contributed by atoms with E-state index in [-0.39, 0.29) is 31.9 Å². The van der Waals surface area contributed by atoms with Gasteiger partial charge in [-0.25, -0.2) is 0 Å². The molecule has 0 atom stereocenters. The lowest BCUT2D eigenvalue weighted by Gasteiger charge is -2.30. The zero-order chi connectivity index (χ0) is 23.3. The van der Waals surface area contributed by atoms with Gasteiger partial charge >= 0.3 is 0 Å². The zero-order valence-electron chi connectivity index (χ0n) is 15.6. The predicted molar refractivity (Wildman–Crippen MR) is 121 cm³/mol. The summed E-state index contributed by atoms with van der Waals surface area (Å²) >= 11 is 13.4. The van der Waals surface area contributed by atoms with Gasteiger partial charge in [0.25, 0.3) is 25.0 Å². The largest absolute Gasteiger partial charge is 0.386 e. The standard InChI is InChI=1S/C19H8Br4N4O4/c1-19(2,9-3-11(20)17(30-7-26)13(22)15(9)28-5-24)10-4-12(21)18(31-8-27)14(23)16(10)29-6-25/h3-4H,1-2H3. The van der Waals surface area contributed by atoms with E-state index >= 15 is 0 Å².